The maximum absolute atomic E-state index is 2.36. The second-order valence-electron chi connectivity index (χ2n) is 6.91. The Labute approximate surface area is 160 Å². The van der Waals surface area contributed by atoms with Crippen molar-refractivity contribution in [3.8, 4) is 0 Å². The summed E-state index contributed by atoms with van der Waals surface area (Å²) in [6.07, 6.45) is 3.79. The Morgan fingerprint density at radius 3 is 1.38 bits per heavy atom. The third-order valence-electron chi connectivity index (χ3n) is 5.35. The van der Waals surface area contributed by atoms with E-state index >= 15 is 0 Å². The fourth-order valence-corrected chi connectivity index (χ4v) is 10.7. The van der Waals surface area contributed by atoms with Gasteiger partial charge in [0.1, 0.15) is 0 Å². The van der Waals surface area contributed by atoms with Gasteiger partial charge in [-0.2, -0.15) is 0 Å². The summed E-state index contributed by atoms with van der Waals surface area (Å²) in [6, 6.07) is 33.5. The van der Waals surface area contributed by atoms with Crippen molar-refractivity contribution in [3.05, 3.63) is 113 Å². The van der Waals surface area contributed by atoms with Gasteiger partial charge >= 0.3 is 160 Å². The van der Waals surface area contributed by atoms with Crippen LogP contribution in [0.1, 0.15) is 30.4 Å². The molecule has 2 aliphatic rings. The summed E-state index contributed by atoms with van der Waals surface area (Å²) < 4.78 is 4.90. The molecule has 0 radical (unpaired) electrons. The van der Waals surface area contributed by atoms with Crippen molar-refractivity contribution in [2.75, 3.05) is 0 Å². The first kappa shape index (κ1) is 15.9. The van der Waals surface area contributed by atoms with E-state index in [4.69, 9.17) is 0 Å². The van der Waals surface area contributed by atoms with E-state index < -0.39 is 14.7 Å². The van der Waals surface area contributed by atoms with Crippen LogP contribution in [0, 0.1) is 0 Å². The zero-order chi connectivity index (χ0) is 17.3. The van der Waals surface area contributed by atoms with E-state index in [1.54, 1.807) is 24.2 Å². The summed E-state index contributed by atoms with van der Waals surface area (Å²) in [5.41, 5.74) is 6.21. The van der Waals surface area contributed by atoms with E-state index in [-0.39, 0.29) is 0 Å². The summed E-state index contributed by atoms with van der Waals surface area (Å²) in [4.78, 5) is 0. The Morgan fingerprint density at radius 2 is 0.923 bits per heavy atom. The fraction of sp³-hybridized carbons (Fsp3) is 0.120. The first-order valence-electron chi connectivity index (χ1n) is 9.36. The third kappa shape index (κ3) is 2.61. The molecule has 1 heteroatoms. The first-order valence-corrected chi connectivity index (χ1v) is 12.2. The molecule has 0 aromatic heterocycles. The van der Waals surface area contributed by atoms with Crippen molar-refractivity contribution in [2.24, 2.45) is 0 Å². The van der Waals surface area contributed by atoms with Gasteiger partial charge < -0.3 is 0 Å². The Kier molecular flexibility index (Phi) is 4.15. The van der Waals surface area contributed by atoms with E-state index in [1.807, 2.05) is 0 Å². The molecule has 0 nitrogen and oxygen atoms in total. The summed E-state index contributed by atoms with van der Waals surface area (Å²) in [5.74, 6) is 0. The second-order valence-corrected chi connectivity index (χ2v) is 11.3. The van der Waals surface area contributed by atoms with Crippen LogP contribution in [0.3, 0.4) is 0 Å². The number of benzene rings is 3. The maximum atomic E-state index is 2.36. The zero-order valence-corrected chi connectivity index (χ0v) is 16.6. The molecule has 0 atom stereocenters. The molecule has 126 valence electrons. The SMILES string of the molecule is c1ccc(C2=C3CCCC3=C(c3ccccc3)[As]2c2ccccc2)cc1. The molecule has 0 spiro atoms. The summed E-state index contributed by atoms with van der Waals surface area (Å²) in [5, 5.41) is 0. The number of fused-ring (bicyclic) bond motifs is 1. The van der Waals surface area contributed by atoms with E-state index in [0.717, 1.165) is 0 Å². The molecule has 3 aromatic carbocycles. The molecule has 1 fully saturated rings. The molecule has 5 rings (SSSR count). The van der Waals surface area contributed by atoms with E-state index in [0.29, 0.717) is 0 Å². The van der Waals surface area contributed by atoms with Crippen molar-refractivity contribution in [3.63, 3.8) is 0 Å². The van der Waals surface area contributed by atoms with Gasteiger partial charge in [0.2, 0.25) is 0 Å². The summed E-state index contributed by atoms with van der Waals surface area (Å²) in [7, 11) is 0. The molecule has 0 unspecified atom stereocenters. The van der Waals surface area contributed by atoms with E-state index in [9.17, 15) is 0 Å². The molecule has 1 aliphatic carbocycles. The average Bonchev–Trinajstić information content (AvgIpc) is 3.30. The monoisotopic (exact) mass is 396 g/mol. The van der Waals surface area contributed by atoms with Gasteiger partial charge in [-0.15, -0.1) is 0 Å². The molecule has 3 aromatic rings. The molecular formula is C25H21As. The molecule has 0 amide bonds. The van der Waals surface area contributed by atoms with Crippen LogP contribution < -0.4 is 4.35 Å². The Morgan fingerprint density at radius 1 is 0.500 bits per heavy atom. The van der Waals surface area contributed by atoms with E-state index in [2.05, 4.69) is 91.0 Å². The number of allylic oxidation sites excluding steroid dienone is 2. The van der Waals surface area contributed by atoms with Gasteiger partial charge in [-0.1, -0.05) is 0 Å². The standard InChI is InChI=1S/C25H21As/c1-4-11-19(12-5-1)24-22-17-10-18-23(22)25(20-13-6-2-7-14-20)26(24)21-15-8-3-9-16-21/h1-9,11-16H,10,17-18H2. The van der Waals surface area contributed by atoms with Crippen LogP contribution in [0.2, 0.25) is 0 Å². The van der Waals surface area contributed by atoms with Crippen molar-refractivity contribution in [1.82, 2.24) is 0 Å². The van der Waals surface area contributed by atoms with Gasteiger partial charge in [-0.3, -0.25) is 0 Å². The van der Waals surface area contributed by atoms with E-state index in [1.165, 1.54) is 30.4 Å². The van der Waals surface area contributed by atoms with Gasteiger partial charge in [0.05, 0.1) is 0 Å². The number of rotatable bonds is 3. The molecule has 1 heterocycles. The molecule has 26 heavy (non-hydrogen) atoms. The van der Waals surface area contributed by atoms with Gasteiger partial charge in [0.25, 0.3) is 0 Å². The van der Waals surface area contributed by atoms with Crippen LogP contribution in [0.5, 0.6) is 0 Å². The van der Waals surface area contributed by atoms with Crippen molar-refractivity contribution >= 4 is 27.7 Å². The van der Waals surface area contributed by atoms with Gasteiger partial charge in [0, 0.05) is 0 Å². The predicted molar refractivity (Wildman–Crippen MR) is 112 cm³/mol. The molecular weight excluding hydrogens is 375 g/mol. The zero-order valence-electron chi connectivity index (χ0n) is 14.7. The minimum absolute atomic E-state index is 1.24. The Hall–Kier alpha value is -2.30. The van der Waals surface area contributed by atoms with Crippen LogP contribution in [0.15, 0.2) is 102 Å². The van der Waals surface area contributed by atoms with Crippen molar-refractivity contribution in [2.45, 2.75) is 19.3 Å². The Balaban J connectivity index is 1.76. The van der Waals surface area contributed by atoms with Crippen LogP contribution >= 0.6 is 0 Å². The quantitative estimate of drug-likeness (QED) is 0.508. The van der Waals surface area contributed by atoms with Crippen LogP contribution in [-0.2, 0) is 0 Å². The molecule has 1 aliphatic heterocycles. The topological polar surface area (TPSA) is 0 Å². The van der Waals surface area contributed by atoms with Gasteiger partial charge in [-0.25, -0.2) is 0 Å². The van der Waals surface area contributed by atoms with Crippen molar-refractivity contribution < 1.29 is 0 Å². The number of hydrogen-bond acceptors (Lipinski definition) is 0. The second kappa shape index (κ2) is 6.78. The van der Waals surface area contributed by atoms with Crippen LogP contribution in [-0.4, -0.2) is 14.7 Å². The fourth-order valence-electron chi connectivity index (χ4n) is 4.28. The average molecular weight is 396 g/mol. The minimum atomic E-state index is -1.53. The molecule has 0 bridgehead atoms. The van der Waals surface area contributed by atoms with Crippen LogP contribution in [0.25, 0.3) is 8.72 Å². The molecule has 0 saturated heterocycles. The van der Waals surface area contributed by atoms with Crippen molar-refractivity contribution in [1.29, 1.82) is 0 Å². The summed E-state index contributed by atoms with van der Waals surface area (Å²) >= 11 is -1.53. The Bertz CT molecular complexity index is 919. The molecule has 0 N–H and O–H groups in total. The van der Waals surface area contributed by atoms with Gasteiger partial charge in [0.15, 0.2) is 0 Å². The number of hydrogen-bond donors (Lipinski definition) is 0. The first-order chi connectivity index (χ1) is 12.9. The van der Waals surface area contributed by atoms with Gasteiger partial charge in [-0.05, 0) is 0 Å². The third-order valence-corrected chi connectivity index (χ3v) is 11.1. The predicted octanol–water partition coefficient (Wildman–Crippen LogP) is 5.57. The normalized spacial score (nSPS) is 17.1. The molecule has 1 saturated carbocycles. The summed E-state index contributed by atoms with van der Waals surface area (Å²) in [6.45, 7) is 0. The van der Waals surface area contributed by atoms with Crippen LogP contribution in [0.4, 0.5) is 0 Å².